The minimum Gasteiger partial charge on any atom is -0.289 e. The Hall–Kier alpha value is -0.960. The Balaban J connectivity index is 2.47. The maximum absolute atomic E-state index is 12.4. The molecule has 4 heteroatoms. The lowest BCUT2D eigenvalue weighted by Crippen LogP contribution is -2.03. The van der Waals surface area contributed by atoms with Crippen LogP contribution in [0.25, 0.3) is 0 Å². The third kappa shape index (κ3) is 2.89. The van der Waals surface area contributed by atoms with E-state index in [1.165, 1.54) is 0 Å². The van der Waals surface area contributed by atoms with Crippen molar-refractivity contribution in [3.63, 3.8) is 0 Å². The minimum absolute atomic E-state index is 0.0654. The van der Waals surface area contributed by atoms with E-state index in [2.05, 4.69) is 0 Å². The number of ketones is 1. The molecule has 0 heterocycles. The van der Waals surface area contributed by atoms with Gasteiger partial charge in [-0.3, -0.25) is 4.79 Å². The molecular weight excluding hydrogens is 287 g/mol. The molecule has 0 saturated heterocycles. The van der Waals surface area contributed by atoms with Crippen molar-refractivity contribution in [1.29, 1.82) is 0 Å². The number of carbonyl (C=O) groups excluding carboxylic acids is 1. The van der Waals surface area contributed by atoms with Crippen molar-refractivity contribution in [2.75, 3.05) is 6.26 Å². The van der Waals surface area contributed by atoms with E-state index in [1.807, 2.05) is 30.5 Å². The van der Waals surface area contributed by atoms with Gasteiger partial charge in [-0.15, -0.1) is 11.8 Å². The van der Waals surface area contributed by atoms with Crippen molar-refractivity contribution < 1.29 is 4.79 Å². The van der Waals surface area contributed by atoms with E-state index in [0.29, 0.717) is 21.2 Å². The molecule has 0 aliphatic rings. The van der Waals surface area contributed by atoms with E-state index in [9.17, 15) is 4.79 Å². The number of hydrogen-bond acceptors (Lipinski definition) is 2. The van der Waals surface area contributed by atoms with E-state index in [4.69, 9.17) is 23.2 Å². The normalized spacial score (nSPS) is 10.4. The molecule has 0 radical (unpaired) electrons. The average Bonchev–Trinajstić information content (AvgIpc) is 2.36. The zero-order valence-corrected chi connectivity index (χ0v) is 11.9. The predicted molar refractivity (Wildman–Crippen MR) is 78.1 cm³/mol. The van der Waals surface area contributed by atoms with Crippen molar-refractivity contribution in [3.8, 4) is 0 Å². The molecule has 0 N–H and O–H groups in total. The van der Waals surface area contributed by atoms with E-state index in [1.54, 1.807) is 30.0 Å². The van der Waals surface area contributed by atoms with E-state index >= 15 is 0 Å². The van der Waals surface area contributed by atoms with Gasteiger partial charge in [0.1, 0.15) is 0 Å². The number of benzene rings is 2. The summed E-state index contributed by atoms with van der Waals surface area (Å²) >= 11 is 13.4. The summed E-state index contributed by atoms with van der Waals surface area (Å²) in [6.45, 7) is 0. The second-order valence-electron chi connectivity index (χ2n) is 3.69. The first-order valence-corrected chi connectivity index (χ1v) is 7.23. The molecule has 2 aromatic carbocycles. The third-order valence-electron chi connectivity index (χ3n) is 2.48. The summed E-state index contributed by atoms with van der Waals surface area (Å²) in [5, 5.41) is 0.931. The molecule has 0 saturated carbocycles. The highest BCUT2D eigenvalue weighted by atomic mass is 35.5. The number of hydrogen-bond donors (Lipinski definition) is 0. The monoisotopic (exact) mass is 296 g/mol. The molecule has 0 unspecified atom stereocenters. The van der Waals surface area contributed by atoms with Crippen molar-refractivity contribution >= 4 is 40.7 Å². The summed E-state index contributed by atoms with van der Waals surface area (Å²) < 4.78 is 0. The van der Waals surface area contributed by atoms with Crippen molar-refractivity contribution in [3.05, 3.63) is 63.6 Å². The first-order chi connectivity index (χ1) is 8.61. The summed E-state index contributed by atoms with van der Waals surface area (Å²) in [6, 6.07) is 12.4. The van der Waals surface area contributed by atoms with Crippen LogP contribution in [0.2, 0.25) is 10.0 Å². The van der Waals surface area contributed by atoms with Gasteiger partial charge in [0.05, 0.1) is 0 Å². The molecule has 0 aromatic heterocycles. The second-order valence-corrected chi connectivity index (χ2v) is 5.41. The number of thioether (sulfide) groups is 1. The SMILES string of the molecule is CSc1ccccc1C(=O)c1cc(Cl)cc(Cl)c1. The fourth-order valence-corrected chi connectivity index (χ4v) is 2.79. The lowest BCUT2D eigenvalue weighted by atomic mass is 10.0. The Kier molecular flexibility index (Phi) is 4.33. The topological polar surface area (TPSA) is 17.1 Å². The Morgan fingerprint density at radius 2 is 1.67 bits per heavy atom. The Morgan fingerprint density at radius 3 is 2.28 bits per heavy atom. The number of halogens is 2. The predicted octanol–water partition coefficient (Wildman–Crippen LogP) is 4.95. The quantitative estimate of drug-likeness (QED) is 0.589. The smallest absolute Gasteiger partial charge is 0.194 e. The van der Waals surface area contributed by atoms with E-state index in [0.717, 1.165) is 4.90 Å². The molecule has 92 valence electrons. The molecule has 0 bridgehead atoms. The zero-order valence-electron chi connectivity index (χ0n) is 9.61. The summed E-state index contributed by atoms with van der Waals surface area (Å²) in [7, 11) is 0. The van der Waals surface area contributed by atoms with Crippen LogP contribution in [0, 0.1) is 0 Å². The summed E-state index contributed by atoms with van der Waals surface area (Å²) in [6.07, 6.45) is 1.94. The highest BCUT2D eigenvalue weighted by molar-refractivity contribution is 7.98. The fourth-order valence-electron chi connectivity index (χ4n) is 1.67. The van der Waals surface area contributed by atoms with Crippen LogP contribution in [0.15, 0.2) is 47.4 Å². The minimum atomic E-state index is -0.0654. The standard InChI is InChI=1S/C14H10Cl2OS/c1-18-13-5-3-2-4-12(13)14(17)9-6-10(15)8-11(16)7-9/h2-8H,1H3. The Morgan fingerprint density at radius 1 is 1.06 bits per heavy atom. The molecule has 0 atom stereocenters. The molecule has 18 heavy (non-hydrogen) atoms. The average molecular weight is 297 g/mol. The Bertz CT molecular complexity index is 576. The first kappa shape index (κ1) is 13.5. The van der Waals surface area contributed by atoms with Crippen LogP contribution in [0.4, 0.5) is 0 Å². The van der Waals surface area contributed by atoms with Crippen LogP contribution in [0.3, 0.4) is 0 Å². The maximum Gasteiger partial charge on any atom is 0.194 e. The summed E-state index contributed by atoms with van der Waals surface area (Å²) in [5.41, 5.74) is 1.18. The molecule has 1 nitrogen and oxygen atoms in total. The van der Waals surface area contributed by atoms with Gasteiger partial charge in [0, 0.05) is 26.1 Å². The molecule has 0 amide bonds. The first-order valence-electron chi connectivity index (χ1n) is 5.25. The van der Waals surface area contributed by atoms with E-state index < -0.39 is 0 Å². The van der Waals surface area contributed by atoms with Crippen molar-refractivity contribution in [2.45, 2.75) is 4.90 Å². The van der Waals surface area contributed by atoms with Gasteiger partial charge in [0.2, 0.25) is 0 Å². The number of carbonyl (C=O) groups is 1. The lowest BCUT2D eigenvalue weighted by Gasteiger charge is -2.07. The molecule has 2 aromatic rings. The van der Waals surface area contributed by atoms with Gasteiger partial charge < -0.3 is 0 Å². The fraction of sp³-hybridized carbons (Fsp3) is 0.0714. The van der Waals surface area contributed by atoms with Gasteiger partial charge in [-0.05, 0) is 36.6 Å². The number of rotatable bonds is 3. The largest absolute Gasteiger partial charge is 0.289 e. The second kappa shape index (κ2) is 5.79. The van der Waals surface area contributed by atoms with Gasteiger partial charge in [-0.2, -0.15) is 0 Å². The van der Waals surface area contributed by atoms with Gasteiger partial charge in [0.15, 0.2) is 5.78 Å². The van der Waals surface area contributed by atoms with Crippen LogP contribution >= 0.6 is 35.0 Å². The molecular formula is C14H10Cl2OS. The molecule has 0 spiro atoms. The van der Waals surface area contributed by atoms with Gasteiger partial charge in [-0.25, -0.2) is 0 Å². The van der Waals surface area contributed by atoms with Crippen LogP contribution < -0.4 is 0 Å². The highest BCUT2D eigenvalue weighted by Crippen LogP contribution is 2.25. The van der Waals surface area contributed by atoms with Crippen LogP contribution in [0.1, 0.15) is 15.9 Å². The molecule has 0 aliphatic heterocycles. The van der Waals surface area contributed by atoms with Crippen LogP contribution in [-0.4, -0.2) is 12.0 Å². The van der Waals surface area contributed by atoms with Gasteiger partial charge >= 0.3 is 0 Å². The molecule has 2 rings (SSSR count). The lowest BCUT2D eigenvalue weighted by molar-refractivity contribution is 0.103. The summed E-state index contributed by atoms with van der Waals surface area (Å²) in [5.74, 6) is -0.0654. The third-order valence-corrected chi connectivity index (χ3v) is 3.71. The zero-order chi connectivity index (χ0) is 13.1. The Labute approximate surface area is 120 Å². The molecule has 0 aliphatic carbocycles. The van der Waals surface area contributed by atoms with Crippen molar-refractivity contribution in [2.24, 2.45) is 0 Å². The highest BCUT2D eigenvalue weighted by Gasteiger charge is 2.13. The van der Waals surface area contributed by atoms with Crippen LogP contribution in [-0.2, 0) is 0 Å². The molecule has 0 fully saturated rings. The van der Waals surface area contributed by atoms with Crippen molar-refractivity contribution in [1.82, 2.24) is 0 Å². The van der Waals surface area contributed by atoms with E-state index in [-0.39, 0.29) is 5.78 Å². The van der Waals surface area contributed by atoms with Crippen LogP contribution in [0.5, 0.6) is 0 Å². The van der Waals surface area contributed by atoms with Gasteiger partial charge in [0.25, 0.3) is 0 Å². The van der Waals surface area contributed by atoms with Gasteiger partial charge in [-0.1, -0.05) is 35.3 Å². The maximum atomic E-state index is 12.4. The summed E-state index contributed by atoms with van der Waals surface area (Å²) in [4.78, 5) is 13.3.